The largest absolute Gasteiger partial charge is 0.300 e. The van der Waals surface area contributed by atoms with Crippen LogP contribution in [0.2, 0.25) is 0 Å². The molecule has 0 spiro atoms. The maximum Gasteiger partial charge on any atom is 0.133 e. The van der Waals surface area contributed by atoms with E-state index in [4.69, 9.17) is 0 Å². The van der Waals surface area contributed by atoms with Crippen molar-refractivity contribution in [3.8, 4) is 0 Å². The molecule has 3 unspecified atom stereocenters. The zero-order valence-corrected chi connectivity index (χ0v) is 7.38. The van der Waals surface area contributed by atoms with Crippen LogP contribution in [0.25, 0.3) is 0 Å². The highest BCUT2D eigenvalue weighted by molar-refractivity contribution is 5.85. The third kappa shape index (κ3) is 1.10. The van der Waals surface area contributed by atoms with Gasteiger partial charge in [0.25, 0.3) is 0 Å². The molecule has 2 rings (SSSR count). The van der Waals surface area contributed by atoms with Crippen LogP contribution in [-0.2, 0) is 9.59 Å². The molecule has 2 aliphatic rings. The Morgan fingerprint density at radius 1 is 1.33 bits per heavy atom. The second-order valence-corrected chi connectivity index (χ2v) is 4.17. The molecule has 12 heavy (non-hydrogen) atoms. The fraction of sp³-hybridized carbons (Fsp3) is 0.800. The predicted molar refractivity (Wildman–Crippen MR) is 44.6 cm³/mol. The van der Waals surface area contributed by atoms with Crippen LogP contribution in [0.3, 0.4) is 0 Å². The summed E-state index contributed by atoms with van der Waals surface area (Å²) >= 11 is 0. The van der Waals surface area contributed by atoms with Crippen LogP contribution >= 0.6 is 0 Å². The molecule has 2 saturated carbocycles. The Morgan fingerprint density at radius 3 is 2.75 bits per heavy atom. The Morgan fingerprint density at radius 2 is 2.08 bits per heavy atom. The molecular weight excluding hydrogens is 152 g/mol. The van der Waals surface area contributed by atoms with E-state index in [-0.39, 0.29) is 11.7 Å². The highest BCUT2D eigenvalue weighted by Gasteiger charge is 2.44. The molecule has 0 heterocycles. The van der Waals surface area contributed by atoms with Gasteiger partial charge in [-0.05, 0) is 31.6 Å². The summed E-state index contributed by atoms with van der Waals surface area (Å²) in [6, 6.07) is 0. The van der Waals surface area contributed by atoms with E-state index < -0.39 is 0 Å². The first-order valence-corrected chi connectivity index (χ1v) is 4.70. The van der Waals surface area contributed by atoms with Gasteiger partial charge in [0.15, 0.2) is 0 Å². The van der Waals surface area contributed by atoms with E-state index >= 15 is 0 Å². The molecule has 0 radical (unpaired) electrons. The van der Waals surface area contributed by atoms with Gasteiger partial charge in [-0.3, -0.25) is 9.59 Å². The van der Waals surface area contributed by atoms with E-state index in [9.17, 15) is 9.59 Å². The van der Waals surface area contributed by atoms with E-state index in [1.807, 2.05) is 0 Å². The molecule has 2 heteroatoms. The minimum atomic E-state index is 0.210. The van der Waals surface area contributed by atoms with Gasteiger partial charge in [-0.25, -0.2) is 0 Å². The average Bonchev–Trinajstić information content (AvgIpc) is 2.43. The predicted octanol–water partition coefficient (Wildman–Crippen LogP) is 1.58. The molecule has 0 aromatic heterocycles. The summed E-state index contributed by atoms with van der Waals surface area (Å²) in [5, 5.41) is 0. The number of rotatable bonds is 1. The van der Waals surface area contributed by atoms with E-state index in [0.29, 0.717) is 24.0 Å². The highest BCUT2D eigenvalue weighted by Crippen LogP contribution is 2.46. The quantitative estimate of drug-likeness (QED) is 0.592. The summed E-state index contributed by atoms with van der Waals surface area (Å²) < 4.78 is 0. The van der Waals surface area contributed by atoms with E-state index in [1.165, 1.54) is 0 Å². The van der Waals surface area contributed by atoms with Gasteiger partial charge in [-0.2, -0.15) is 0 Å². The van der Waals surface area contributed by atoms with Gasteiger partial charge in [0.2, 0.25) is 0 Å². The molecule has 0 amide bonds. The third-order valence-corrected chi connectivity index (χ3v) is 3.45. The first-order chi connectivity index (χ1) is 5.68. The molecule has 0 aromatic rings. The fourth-order valence-electron chi connectivity index (χ4n) is 2.86. The van der Waals surface area contributed by atoms with Gasteiger partial charge in [0.05, 0.1) is 0 Å². The maximum atomic E-state index is 11.2. The van der Waals surface area contributed by atoms with Crippen molar-refractivity contribution in [3.05, 3.63) is 0 Å². The Bertz CT molecular complexity index is 232. The summed E-state index contributed by atoms with van der Waals surface area (Å²) in [4.78, 5) is 22.3. The smallest absolute Gasteiger partial charge is 0.133 e. The lowest BCUT2D eigenvalue weighted by Gasteiger charge is -2.13. The Kier molecular flexibility index (Phi) is 1.78. The molecule has 0 saturated heterocycles. The summed E-state index contributed by atoms with van der Waals surface area (Å²) in [6.45, 7) is 1.66. The number of hydrogen-bond acceptors (Lipinski definition) is 2. The number of Topliss-reactive ketones (excluding diaryl/α,β-unsaturated/α-hetero) is 2. The summed E-state index contributed by atoms with van der Waals surface area (Å²) in [5.41, 5.74) is 0. The monoisotopic (exact) mass is 166 g/mol. The summed E-state index contributed by atoms with van der Waals surface area (Å²) in [7, 11) is 0. The average molecular weight is 166 g/mol. The van der Waals surface area contributed by atoms with Gasteiger partial charge in [0.1, 0.15) is 11.6 Å². The number of ketones is 2. The van der Waals surface area contributed by atoms with Crippen molar-refractivity contribution in [1.29, 1.82) is 0 Å². The first kappa shape index (κ1) is 7.96. The Balaban J connectivity index is 2.13. The molecule has 2 aliphatic carbocycles. The normalized spacial score (nSPS) is 40.1. The Hall–Kier alpha value is -0.660. The highest BCUT2D eigenvalue weighted by atomic mass is 16.1. The number of carbonyl (C=O) groups excluding carboxylic acids is 2. The lowest BCUT2D eigenvalue weighted by Crippen LogP contribution is -2.17. The topological polar surface area (TPSA) is 34.1 Å². The van der Waals surface area contributed by atoms with Crippen molar-refractivity contribution in [2.45, 2.75) is 32.6 Å². The van der Waals surface area contributed by atoms with E-state index in [2.05, 4.69) is 0 Å². The van der Waals surface area contributed by atoms with E-state index in [0.717, 1.165) is 19.3 Å². The van der Waals surface area contributed by atoms with Gasteiger partial charge >= 0.3 is 0 Å². The van der Waals surface area contributed by atoms with Crippen LogP contribution in [0.5, 0.6) is 0 Å². The van der Waals surface area contributed by atoms with Crippen molar-refractivity contribution in [2.24, 2.45) is 17.8 Å². The zero-order chi connectivity index (χ0) is 8.72. The number of hydrogen-bond donors (Lipinski definition) is 0. The summed E-state index contributed by atoms with van der Waals surface area (Å²) in [6.07, 6.45) is 3.54. The summed E-state index contributed by atoms with van der Waals surface area (Å²) in [5.74, 6) is 1.83. The van der Waals surface area contributed by atoms with Crippen LogP contribution in [0.1, 0.15) is 32.6 Å². The molecule has 0 aromatic carbocycles. The standard InChI is InChI=1S/C10H14O2/c1-6(11)9-3-2-7-4-8(12)5-10(7)9/h7,9-10H,2-5H2,1H3. The molecule has 3 atom stereocenters. The first-order valence-electron chi connectivity index (χ1n) is 4.70. The maximum absolute atomic E-state index is 11.2. The van der Waals surface area contributed by atoms with Gasteiger partial charge in [-0.1, -0.05) is 0 Å². The van der Waals surface area contributed by atoms with Crippen LogP contribution in [0, 0.1) is 17.8 Å². The van der Waals surface area contributed by atoms with Crippen molar-refractivity contribution < 1.29 is 9.59 Å². The fourth-order valence-corrected chi connectivity index (χ4v) is 2.86. The van der Waals surface area contributed by atoms with E-state index in [1.54, 1.807) is 6.92 Å². The second-order valence-electron chi connectivity index (χ2n) is 4.17. The SMILES string of the molecule is CC(=O)C1CCC2CC(=O)CC21. The van der Waals surface area contributed by atoms with Crippen molar-refractivity contribution in [3.63, 3.8) is 0 Å². The molecule has 0 bridgehead atoms. The van der Waals surface area contributed by atoms with Crippen LogP contribution in [-0.4, -0.2) is 11.6 Å². The van der Waals surface area contributed by atoms with Crippen molar-refractivity contribution in [1.82, 2.24) is 0 Å². The molecular formula is C10H14O2. The Labute approximate surface area is 72.3 Å². The molecule has 0 aliphatic heterocycles. The minimum absolute atomic E-state index is 0.210. The minimum Gasteiger partial charge on any atom is -0.300 e. The van der Waals surface area contributed by atoms with Crippen LogP contribution in [0.15, 0.2) is 0 Å². The lowest BCUT2D eigenvalue weighted by atomic mass is 9.89. The second kappa shape index (κ2) is 2.68. The third-order valence-electron chi connectivity index (χ3n) is 3.45. The zero-order valence-electron chi connectivity index (χ0n) is 7.38. The van der Waals surface area contributed by atoms with Gasteiger partial charge < -0.3 is 0 Å². The van der Waals surface area contributed by atoms with Crippen LogP contribution < -0.4 is 0 Å². The van der Waals surface area contributed by atoms with Crippen molar-refractivity contribution >= 4 is 11.6 Å². The number of carbonyl (C=O) groups is 2. The van der Waals surface area contributed by atoms with Gasteiger partial charge in [-0.15, -0.1) is 0 Å². The van der Waals surface area contributed by atoms with Crippen LogP contribution in [0.4, 0.5) is 0 Å². The molecule has 0 N–H and O–H groups in total. The van der Waals surface area contributed by atoms with Crippen molar-refractivity contribution in [2.75, 3.05) is 0 Å². The lowest BCUT2D eigenvalue weighted by molar-refractivity contribution is -0.122. The number of fused-ring (bicyclic) bond motifs is 1. The molecule has 2 fully saturated rings. The van der Waals surface area contributed by atoms with Gasteiger partial charge in [0, 0.05) is 18.8 Å². The molecule has 2 nitrogen and oxygen atoms in total. The molecule has 66 valence electrons.